The maximum absolute atomic E-state index is 15.3. The molecule has 0 aromatic heterocycles. The lowest BCUT2D eigenvalue weighted by atomic mass is 9.94. The number of amides is 3. The van der Waals surface area contributed by atoms with Crippen LogP contribution in [0.3, 0.4) is 0 Å². The number of esters is 4. The number of phosphoric acid groups is 1. The summed E-state index contributed by atoms with van der Waals surface area (Å²) in [6, 6.07) is -3.61. The summed E-state index contributed by atoms with van der Waals surface area (Å²) in [7, 11) is -5.78. The van der Waals surface area contributed by atoms with E-state index in [4.69, 9.17) is 44.1 Å². The Kier molecular flexibility index (Phi) is 74.1. The SMILES string of the molecule is C#CCCCCNC(=O)[C@H]1O[C@@H](OC[C@H]2OC(O)[C@H](NC(=O)C[C@H](O)CCCCCCCCCCC)[C@@H](OC(=O)C[C@H](O)CCCCCCCCCCC)[C@@H]2O)[C@H](NC(=O)C[C@@H](CCCCCCCCCCC)OC(=O)CCCCCCCCCCC)[C@@H](OC(=O)C[C@@H](CCCCCCCCCCC)OC(=O)CCCCCCCCCCCCC)[C@@H]1OP(=O)(O)O. The van der Waals surface area contributed by atoms with Crippen molar-refractivity contribution in [2.24, 2.45) is 0 Å². The van der Waals surface area contributed by atoms with Gasteiger partial charge in [0.1, 0.15) is 42.6 Å². The van der Waals surface area contributed by atoms with Crippen LogP contribution in [0.15, 0.2) is 0 Å². The fourth-order valence-electron chi connectivity index (χ4n) is 17.0. The van der Waals surface area contributed by atoms with Gasteiger partial charge in [-0.25, -0.2) is 4.57 Å². The van der Waals surface area contributed by atoms with E-state index >= 15 is 9.59 Å². The second kappa shape index (κ2) is 79.3. The van der Waals surface area contributed by atoms with Crippen molar-refractivity contribution in [2.45, 2.75) is 570 Å². The first kappa shape index (κ1) is 118. The second-order valence-corrected chi connectivity index (χ2v) is 37.8. The average Bonchev–Trinajstić information content (AvgIpc) is 0.769. The molecule has 3 amide bonds. The molecule has 9 N–H and O–H groups in total. The minimum Gasteiger partial charge on any atom is -0.462 e. The van der Waals surface area contributed by atoms with Crippen LogP contribution >= 0.6 is 7.82 Å². The van der Waals surface area contributed by atoms with E-state index in [1.807, 2.05) is 0 Å². The van der Waals surface area contributed by atoms with Crippen molar-refractivity contribution in [1.82, 2.24) is 16.0 Å². The summed E-state index contributed by atoms with van der Waals surface area (Å²) in [6.45, 7) is 12.1. The largest absolute Gasteiger partial charge is 0.470 e. The number of hydrogen-bond donors (Lipinski definition) is 9. The van der Waals surface area contributed by atoms with Crippen LogP contribution in [0.25, 0.3) is 0 Å². The molecule has 2 aliphatic heterocycles. The third-order valence-electron chi connectivity index (χ3n) is 24.7. The van der Waals surface area contributed by atoms with E-state index in [9.17, 15) is 58.8 Å². The molecule has 2 aliphatic rings. The molecule has 0 radical (unpaired) electrons. The molecule has 736 valence electrons. The number of phosphoric ester groups is 1. The van der Waals surface area contributed by atoms with Gasteiger partial charge in [0.2, 0.25) is 11.8 Å². The first-order valence-electron chi connectivity index (χ1n) is 51.5. The Morgan fingerprint density at radius 3 is 1.13 bits per heavy atom. The van der Waals surface area contributed by atoms with Crippen LogP contribution < -0.4 is 16.0 Å². The Hall–Kier alpha value is -4.32. The number of hydrogen-bond acceptors (Lipinski definition) is 20. The molecule has 2 rings (SSSR count). The van der Waals surface area contributed by atoms with Gasteiger partial charge >= 0.3 is 31.7 Å². The van der Waals surface area contributed by atoms with Crippen molar-refractivity contribution in [3.8, 4) is 12.3 Å². The zero-order valence-electron chi connectivity index (χ0n) is 80.0. The van der Waals surface area contributed by atoms with Gasteiger partial charge in [0.15, 0.2) is 30.9 Å². The minimum atomic E-state index is -5.78. The summed E-state index contributed by atoms with van der Waals surface area (Å²) in [5.41, 5.74) is 0. The number of unbranched alkanes of at least 4 members (excludes halogenated alkanes) is 52. The monoisotopic (exact) mass is 1810 g/mol. The predicted molar refractivity (Wildman–Crippen MR) is 498 cm³/mol. The zero-order valence-corrected chi connectivity index (χ0v) is 80.9. The van der Waals surface area contributed by atoms with Crippen LogP contribution in [-0.2, 0) is 75.8 Å². The molecular weight excluding hydrogens is 1630 g/mol. The van der Waals surface area contributed by atoms with Crippen molar-refractivity contribution >= 4 is 49.4 Å². The molecule has 14 atom stereocenters. The molecule has 0 spiro atoms. The number of ether oxygens (including phenoxy) is 7. The maximum atomic E-state index is 15.3. The van der Waals surface area contributed by atoms with Crippen molar-refractivity contribution in [1.29, 1.82) is 0 Å². The van der Waals surface area contributed by atoms with Gasteiger partial charge in [-0.3, -0.25) is 38.1 Å². The highest BCUT2D eigenvalue weighted by Crippen LogP contribution is 2.43. The summed E-state index contributed by atoms with van der Waals surface area (Å²) in [5.74, 6) is -3.22. The topological polar surface area (TPSA) is 368 Å². The highest BCUT2D eigenvalue weighted by molar-refractivity contribution is 7.46. The molecule has 25 nitrogen and oxygen atoms in total. The summed E-state index contributed by atoms with van der Waals surface area (Å²) in [4.78, 5) is 123. The summed E-state index contributed by atoms with van der Waals surface area (Å²) >= 11 is 0. The van der Waals surface area contributed by atoms with Gasteiger partial charge in [-0.15, -0.1) is 12.3 Å². The molecular formula is C100H184N3O22P. The van der Waals surface area contributed by atoms with Gasteiger partial charge in [0.25, 0.3) is 5.91 Å². The Labute approximate surface area is 763 Å². The number of aliphatic hydroxyl groups is 4. The summed E-state index contributed by atoms with van der Waals surface area (Å²) < 4.78 is 62.9. The number of aliphatic hydroxyl groups excluding tert-OH is 4. The molecule has 2 heterocycles. The van der Waals surface area contributed by atoms with Crippen molar-refractivity contribution in [3.05, 3.63) is 0 Å². The van der Waals surface area contributed by atoms with Crippen molar-refractivity contribution in [2.75, 3.05) is 13.2 Å². The summed E-state index contributed by atoms with van der Waals surface area (Å²) in [5, 5.41) is 55.3. The predicted octanol–water partition coefficient (Wildman–Crippen LogP) is 21.4. The van der Waals surface area contributed by atoms with Crippen LogP contribution in [0.1, 0.15) is 485 Å². The molecule has 0 aromatic rings. The van der Waals surface area contributed by atoms with E-state index in [1.165, 1.54) is 83.5 Å². The van der Waals surface area contributed by atoms with Crippen LogP contribution in [0.4, 0.5) is 0 Å². The van der Waals surface area contributed by atoms with E-state index in [0.29, 0.717) is 64.2 Å². The lowest BCUT2D eigenvalue weighted by Gasteiger charge is -2.46. The molecule has 0 saturated carbocycles. The van der Waals surface area contributed by atoms with E-state index < -0.39 is 167 Å². The molecule has 0 bridgehead atoms. The average molecular weight is 1810 g/mol. The van der Waals surface area contributed by atoms with Gasteiger partial charge in [0.05, 0.1) is 44.5 Å². The normalized spacial score (nSPS) is 19.9. The van der Waals surface area contributed by atoms with E-state index in [0.717, 1.165) is 238 Å². The lowest BCUT2D eigenvalue weighted by molar-refractivity contribution is -0.293. The zero-order chi connectivity index (χ0) is 92.3. The third-order valence-corrected chi connectivity index (χ3v) is 25.2. The van der Waals surface area contributed by atoms with E-state index in [-0.39, 0.29) is 38.6 Å². The smallest absolute Gasteiger partial charge is 0.462 e. The Balaban J connectivity index is 2.90. The van der Waals surface area contributed by atoms with Crippen molar-refractivity contribution < 1.29 is 106 Å². The standard InChI is InChI=1S/C100H184N3O22P/c1-8-15-22-29-35-41-42-48-54-60-66-73-88(109)120-83(71-64-58-52-46-39-33-26-19-12-5)78-90(111)123-95-92(103-86(107)77-82(70-63-57-51-45-38-32-25-18-11-4)119-87(108)72-65-59-53-47-40-34-27-20-13-6)100(124-97(96(95)125-126(115,116)117)98(113)101-74-67-28-21-14-7)118-79-84-93(112)94(122-89(110)76-81(105)69-62-56-50-44-37-31-24-17-10-3)91(99(114)121-84)102-85(106)75-80(104)68-61-55-49-43-36-30-23-16-9-2/h7,80-84,91-97,99-100,104-105,112,114H,8-13,15-79H2,1-6H3,(H,101,113)(H,102,106)(H,103,107)(H2,115,116,117)/t80-,81-,82-,83-,84-,91-,92-,93-,94-,95-,96+,97+,99?,100-/m1/s1. The van der Waals surface area contributed by atoms with Gasteiger partial charge in [0, 0.05) is 25.8 Å². The number of rotatable bonds is 86. The molecule has 126 heavy (non-hydrogen) atoms. The van der Waals surface area contributed by atoms with Gasteiger partial charge in [-0.2, -0.15) is 0 Å². The molecule has 26 heteroatoms. The Bertz CT molecular complexity index is 2800. The van der Waals surface area contributed by atoms with Gasteiger partial charge < -0.3 is 79.3 Å². The van der Waals surface area contributed by atoms with Gasteiger partial charge in [-0.1, -0.05) is 375 Å². The van der Waals surface area contributed by atoms with Crippen LogP contribution in [-0.4, -0.2) is 171 Å². The molecule has 0 aromatic carbocycles. The first-order valence-corrected chi connectivity index (χ1v) is 53.0. The number of carbonyl (C=O) groups excluding carboxylic acids is 7. The molecule has 2 fully saturated rings. The minimum absolute atomic E-state index is 0.0468. The number of carbonyl (C=O) groups is 7. The maximum Gasteiger partial charge on any atom is 0.470 e. The molecule has 2 saturated heterocycles. The van der Waals surface area contributed by atoms with Crippen LogP contribution in [0.2, 0.25) is 0 Å². The Morgan fingerprint density at radius 2 is 0.730 bits per heavy atom. The first-order chi connectivity index (χ1) is 61.0. The van der Waals surface area contributed by atoms with Crippen LogP contribution in [0, 0.1) is 12.3 Å². The fourth-order valence-corrected chi connectivity index (χ4v) is 17.6. The quantitative estimate of drug-likeness (QED) is 0.00898. The number of terminal acetylenes is 1. The van der Waals surface area contributed by atoms with E-state index in [1.54, 1.807) is 0 Å². The van der Waals surface area contributed by atoms with Crippen molar-refractivity contribution in [3.63, 3.8) is 0 Å². The number of nitrogens with one attached hydrogen (secondary N) is 3. The molecule has 0 aliphatic carbocycles. The molecule has 1 unspecified atom stereocenters. The highest BCUT2D eigenvalue weighted by Gasteiger charge is 2.56. The fraction of sp³-hybridized carbons (Fsp3) is 0.910. The third kappa shape index (κ3) is 62.2. The second-order valence-electron chi connectivity index (χ2n) is 36.6. The van der Waals surface area contributed by atoms with Crippen LogP contribution in [0.5, 0.6) is 0 Å². The van der Waals surface area contributed by atoms with E-state index in [2.05, 4.69) is 63.4 Å². The Morgan fingerprint density at radius 1 is 0.389 bits per heavy atom. The lowest BCUT2D eigenvalue weighted by Crippen LogP contribution is -2.69. The van der Waals surface area contributed by atoms with Gasteiger partial charge in [-0.05, 0) is 64.2 Å². The summed E-state index contributed by atoms with van der Waals surface area (Å²) in [6.07, 6.45) is 42.5. The highest BCUT2D eigenvalue weighted by atomic mass is 31.2.